The smallest absolute Gasteiger partial charge is 0.168 e. The SMILES string of the molecule is CN1CCC(n2nccc2C=O)CC1. The fraction of sp³-hybridized carbons (Fsp3) is 0.600. The summed E-state index contributed by atoms with van der Waals surface area (Å²) in [5.41, 5.74) is 0.694. The zero-order valence-electron chi connectivity index (χ0n) is 8.39. The molecule has 0 amide bonds. The van der Waals surface area contributed by atoms with Crippen molar-refractivity contribution in [1.82, 2.24) is 14.7 Å². The molecule has 0 N–H and O–H groups in total. The fourth-order valence-electron chi connectivity index (χ4n) is 1.96. The van der Waals surface area contributed by atoms with E-state index in [4.69, 9.17) is 0 Å². The molecule has 0 spiro atoms. The molecule has 1 aromatic heterocycles. The molecule has 0 atom stereocenters. The highest BCUT2D eigenvalue weighted by atomic mass is 16.1. The van der Waals surface area contributed by atoms with Crippen molar-refractivity contribution in [2.24, 2.45) is 0 Å². The first-order valence-electron chi connectivity index (χ1n) is 4.98. The molecule has 0 saturated carbocycles. The van der Waals surface area contributed by atoms with Crippen molar-refractivity contribution >= 4 is 6.29 Å². The van der Waals surface area contributed by atoms with Crippen LogP contribution in [0.25, 0.3) is 0 Å². The average Bonchev–Trinajstić information content (AvgIpc) is 2.67. The molecule has 2 rings (SSSR count). The number of nitrogens with zero attached hydrogens (tertiary/aromatic N) is 3. The second-order valence-electron chi connectivity index (χ2n) is 3.85. The second-order valence-corrected chi connectivity index (χ2v) is 3.85. The molecule has 0 bridgehead atoms. The Morgan fingerprint density at radius 1 is 1.50 bits per heavy atom. The summed E-state index contributed by atoms with van der Waals surface area (Å²) in [6.07, 6.45) is 4.74. The largest absolute Gasteiger partial charge is 0.306 e. The number of aldehydes is 1. The predicted octanol–water partition coefficient (Wildman–Crippen LogP) is 0.962. The van der Waals surface area contributed by atoms with Gasteiger partial charge in [0, 0.05) is 6.20 Å². The van der Waals surface area contributed by atoms with Crippen LogP contribution in [0.1, 0.15) is 29.4 Å². The van der Waals surface area contributed by atoms with Gasteiger partial charge in [0.2, 0.25) is 0 Å². The summed E-state index contributed by atoms with van der Waals surface area (Å²) >= 11 is 0. The molecule has 1 aliphatic rings. The van der Waals surface area contributed by atoms with E-state index in [2.05, 4.69) is 17.0 Å². The number of hydrogen-bond donors (Lipinski definition) is 0. The molecule has 76 valence electrons. The summed E-state index contributed by atoms with van der Waals surface area (Å²) in [6.45, 7) is 2.17. The van der Waals surface area contributed by atoms with Crippen molar-refractivity contribution in [3.63, 3.8) is 0 Å². The molecular formula is C10H15N3O. The van der Waals surface area contributed by atoms with E-state index in [0.717, 1.165) is 32.2 Å². The van der Waals surface area contributed by atoms with Gasteiger partial charge in [-0.15, -0.1) is 0 Å². The number of likely N-dealkylation sites (tertiary alicyclic amines) is 1. The summed E-state index contributed by atoms with van der Waals surface area (Å²) in [5.74, 6) is 0. The highest BCUT2D eigenvalue weighted by molar-refractivity contribution is 5.71. The Hall–Kier alpha value is -1.16. The Morgan fingerprint density at radius 2 is 2.21 bits per heavy atom. The van der Waals surface area contributed by atoms with Crippen LogP contribution in [0.2, 0.25) is 0 Å². The van der Waals surface area contributed by atoms with Crippen LogP contribution < -0.4 is 0 Å². The third-order valence-electron chi connectivity index (χ3n) is 2.86. The second kappa shape index (κ2) is 3.92. The van der Waals surface area contributed by atoms with Gasteiger partial charge in [0.15, 0.2) is 6.29 Å². The standard InChI is InChI=1S/C10H15N3O/c1-12-6-3-9(4-7-12)13-10(8-14)2-5-11-13/h2,5,8-9H,3-4,6-7H2,1H3. The van der Waals surface area contributed by atoms with Crippen LogP contribution in [-0.4, -0.2) is 41.1 Å². The Kier molecular flexibility index (Phi) is 2.63. The van der Waals surface area contributed by atoms with Gasteiger partial charge >= 0.3 is 0 Å². The first-order valence-corrected chi connectivity index (χ1v) is 4.98. The van der Waals surface area contributed by atoms with Gasteiger partial charge in [-0.25, -0.2) is 0 Å². The molecule has 0 unspecified atom stereocenters. The quantitative estimate of drug-likeness (QED) is 0.657. The van der Waals surface area contributed by atoms with Crippen molar-refractivity contribution in [3.05, 3.63) is 18.0 Å². The first kappa shape index (κ1) is 9.40. The zero-order chi connectivity index (χ0) is 9.97. The Labute approximate surface area is 83.5 Å². The number of rotatable bonds is 2. The third-order valence-corrected chi connectivity index (χ3v) is 2.86. The predicted molar refractivity (Wildman–Crippen MR) is 53.4 cm³/mol. The molecule has 0 aliphatic carbocycles. The number of carbonyl (C=O) groups is 1. The maximum absolute atomic E-state index is 10.7. The van der Waals surface area contributed by atoms with Crippen molar-refractivity contribution < 1.29 is 4.79 Å². The van der Waals surface area contributed by atoms with Gasteiger partial charge in [-0.2, -0.15) is 5.10 Å². The number of carbonyl (C=O) groups excluding carboxylic acids is 1. The van der Waals surface area contributed by atoms with Crippen molar-refractivity contribution in [2.75, 3.05) is 20.1 Å². The van der Waals surface area contributed by atoms with Crippen molar-refractivity contribution in [3.8, 4) is 0 Å². The summed E-state index contributed by atoms with van der Waals surface area (Å²) in [5, 5.41) is 4.20. The summed E-state index contributed by atoms with van der Waals surface area (Å²) in [6, 6.07) is 2.17. The Balaban J connectivity index is 2.11. The van der Waals surface area contributed by atoms with Crippen LogP contribution in [0.4, 0.5) is 0 Å². The van der Waals surface area contributed by atoms with Crippen LogP contribution in [0.5, 0.6) is 0 Å². The summed E-state index contributed by atoms with van der Waals surface area (Å²) < 4.78 is 1.86. The molecule has 1 saturated heterocycles. The minimum absolute atomic E-state index is 0.404. The lowest BCUT2D eigenvalue weighted by Crippen LogP contribution is -2.32. The molecular weight excluding hydrogens is 178 g/mol. The molecule has 0 aromatic carbocycles. The van der Waals surface area contributed by atoms with Crippen LogP contribution in [-0.2, 0) is 0 Å². The maximum Gasteiger partial charge on any atom is 0.168 e. The lowest BCUT2D eigenvalue weighted by atomic mass is 10.1. The van der Waals surface area contributed by atoms with Crippen molar-refractivity contribution in [2.45, 2.75) is 18.9 Å². The minimum Gasteiger partial charge on any atom is -0.306 e. The van der Waals surface area contributed by atoms with Crippen LogP contribution in [0, 0.1) is 0 Å². The Morgan fingerprint density at radius 3 is 2.86 bits per heavy atom. The molecule has 4 heteroatoms. The van der Waals surface area contributed by atoms with E-state index in [-0.39, 0.29) is 0 Å². The molecule has 4 nitrogen and oxygen atoms in total. The summed E-state index contributed by atoms with van der Waals surface area (Å²) in [4.78, 5) is 13.0. The minimum atomic E-state index is 0.404. The van der Waals surface area contributed by atoms with E-state index in [1.165, 1.54) is 0 Å². The average molecular weight is 193 g/mol. The van der Waals surface area contributed by atoms with Gasteiger partial charge < -0.3 is 4.90 Å². The molecule has 1 aromatic rings. The normalized spacial score (nSPS) is 19.8. The van der Waals surface area contributed by atoms with E-state index in [1.807, 2.05) is 4.68 Å². The van der Waals surface area contributed by atoms with Crippen molar-refractivity contribution in [1.29, 1.82) is 0 Å². The van der Waals surface area contributed by atoms with Gasteiger partial charge in [-0.3, -0.25) is 9.48 Å². The highest BCUT2D eigenvalue weighted by Gasteiger charge is 2.20. The van der Waals surface area contributed by atoms with E-state index in [9.17, 15) is 4.79 Å². The fourth-order valence-corrected chi connectivity index (χ4v) is 1.96. The van der Waals surface area contributed by atoms with Gasteiger partial charge in [-0.05, 0) is 39.0 Å². The monoisotopic (exact) mass is 193 g/mol. The van der Waals surface area contributed by atoms with E-state index in [0.29, 0.717) is 11.7 Å². The van der Waals surface area contributed by atoms with Crippen LogP contribution in [0.15, 0.2) is 12.3 Å². The van der Waals surface area contributed by atoms with E-state index in [1.54, 1.807) is 12.3 Å². The van der Waals surface area contributed by atoms with E-state index < -0.39 is 0 Å². The molecule has 1 aliphatic heterocycles. The number of aromatic nitrogens is 2. The first-order chi connectivity index (χ1) is 6.81. The zero-order valence-corrected chi connectivity index (χ0v) is 8.39. The highest BCUT2D eigenvalue weighted by Crippen LogP contribution is 2.21. The number of piperidine rings is 1. The van der Waals surface area contributed by atoms with Crippen LogP contribution >= 0.6 is 0 Å². The van der Waals surface area contributed by atoms with Crippen LogP contribution in [0.3, 0.4) is 0 Å². The Bertz CT molecular complexity index is 313. The molecule has 14 heavy (non-hydrogen) atoms. The molecule has 0 radical (unpaired) electrons. The molecule has 1 fully saturated rings. The van der Waals surface area contributed by atoms with Gasteiger partial charge in [0.1, 0.15) is 5.69 Å². The topological polar surface area (TPSA) is 38.1 Å². The summed E-state index contributed by atoms with van der Waals surface area (Å²) in [7, 11) is 2.12. The van der Waals surface area contributed by atoms with E-state index >= 15 is 0 Å². The van der Waals surface area contributed by atoms with Gasteiger partial charge in [0.25, 0.3) is 0 Å². The maximum atomic E-state index is 10.7. The molecule has 2 heterocycles. The third kappa shape index (κ3) is 1.70. The van der Waals surface area contributed by atoms with Gasteiger partial charge in [0.05, 0.1) is 6.04 Å². The number of hydrogen-bond acceptors (Lipinski definition) is 3. The van der Waals surface area contributed by atoms with Gasteiger partial charge in [-0.1, -0.05) is 0 Å². The lowest BCUT2D eigenvalue weighted by molar-refractivity contribution is 0.110. The lowest BCUT2D eigenvalue weighted by Gasteiger charge is -2.29.